The Labute approximate surface area is 90.4 Å². The molecule has 0 aromatic carbocycles. The molecular formula is C8H7N3O4S. The van der Waals surface area contributed by atoms with Crippen LogP contribution in [0.5, 0.6) is 0 Å². The molecule has 2 rings (SSSR count). The molecule has 0 saturated heterocycles. The van der Waals surface area contributed by atoms with Crippen molar-refractivity contribution < 1.29 is 13.3 Å². The van der Waals surface area contributed by atoms with Gasteiger partial charge in [0.15, 0.2) is 15.4 Å². The third-order valence-corrected chi connectivity index (χ3v) is 3.21. The van der Waals surface area contributed by atoms with Gasteiger partial charge in [-0.1, -0.05) is 0 Å². The van der Waals surface area contributed by atoms with E-state index < -0.39 is 14.8 Å². The maximum Gasteiger partial charge on any atom is 0.316 e. The third kappa shape index (κ3) is 1.52. The van der Waals surface area contributed by atoms with Crippen molar-refractivity contribution in [1.82, 2.24) is 9.61 Å². The Morgan fingerprint density at radius 3 is 2.75 bits per heavy atom. The fourth-order valence-corrected chi connectivity index (χ4v) is 2.30. The fraction of sp³-hybridized carbons (Fsp3) is 0.125. The van der Waals surface area contributed by atoms with Gasteiger partial charge in [0.25, 0.3) is 0 Å². The molecule has 0 bridgehead atoms. The quantitative estimate of drug-likeness (QED) is 0.568. The third-order valence-electron chi connectivity index (χ3n) is 2.08. The van der Waals surface area contributed by atoms with E-state index in [4.69, 9.17) is 0 Å². The summed E-state index contributed by atoms with van der Waals surface area (Å²) in [6.07, 6.45) is 3.49. The van der Waals surface area contributed by atoms with Crippen LogP contribution in [0.15, 0.2) is 29.4 Å². The van der Waals surface area contributed by atoms with Crippen LogP contribution in [0.2, 0.25) is 0 Å². The van der Waals surface area contributed by atoms with Crippen LogP contribution < -0.4 is 0 Å². The highest BCUT2D eigenvalue weighted by Gasteiger charge is 2.22. The summed E-state index contributed by atoms with van der Waals surface area (Å²) in [6, 6.07) is 2.79. The van der Waals surface area contributed by atoms with E-state index in [0.717, 1.165) is 12.5 Å². The number of hydrogen-bond acceptors (Lipinski definition) is 5. The van der Waals surface area contributed by atoms with Gasteiger partial charge in [-0.2, -0.15) is 5.10 Å². The van der Waals surface area contributed by atoms with Crippen LogP contribution in [0.4, 0.5) is 5.69 Å². The van der Waals surface area contributed by atoms with E-state index in [-0.39, 0.29) is 16.1 Å². The van der Waals surface area contributed by atoms with Gasteiger partial charge in [-0.25, -0.2) is 12.9 Å². The van der Waals surface area contributed by atoms with Crippen molar-refractivity contribution in [2.75, 3.05) is 6.26 Å². The van der Waals surface area contributed by atoms with Crippen molar-refractivity contribution in [2.45, 2.75) is 4.90 Å². The van der Waals surface area contributed by atoms with Crippen LogP contribution in [-0.4, -0.2) is 29.2 Å². The van der Waals surface area contributed by atoms with Crippen LogP contribution in [0, 0.1) is 10.1 Å². The van der Waals surface area contributed by atoms with Crippen LogP contribution >= 0.6 is 0 Å². The van der Waals surface area contributed by atoms with Crippen molar-refractivity contribution >= 4 is 21.0 Å². The predicted molar refractivity (Wildman–Crippen MR) is 55.0 cm³/mol. The van der Waals surface area contributed by atoms with Gasteiger partial charge < -0.3 is 0 Å². The molecule has 16 heavy (non-hydrogen) atoms. The lowest BCUT2D eigenvalue weighted by molar-refractivity contribution is -0.383. The van der Waals surface area contributed by atoms with Gasteiger partial charge in [0.05, 0.1) is 9.82 Å². The Morgan fingerprint density at radius 2 is 2.19 bits per heavy atom. The van der Waals surface area contributed by atoms with Gasteiger partial charge in [-0.15, -0.1) is 0 Å². The molecule has 0 N–H and O–H groups in total. The second-order valence-electron chi connectivity index (χ2n) is 3.22. The molecule has 2 heterocycles. The molecule has 0 atom stereocenters. The Morgan fingerprint density at radius 1 is 1.50 bits per heavy atom. The number of rotatable bonds is 2. The minimum Gasteiger partial charge on any atom is -0.258 e. The number of nitro groups is 1. The molecule has 8 heteroatoms. The predicted octanol–water partition coefficient (Wildman–Crippen LogP) is 0.646. The largest absolute Gasteiger partial charge is 0.316 e. The highest BCUT2D eigenvalue weighted by molar-refractivity contribution is 7.91. The minimum atomic E-state index is -3.52. The molecule has 0 saturated carbocycles. The summed E-state index contributed by atoms with van der Waals surface area (Å²) in [6.45, 7) is 0. The molecule has 7 nitrogen and oxygen atoms in total. The standard InChI is InChI=1S/C8H7N3O4S/c1-16(14,15)7-3-2-4-10-8(7)6(5-9-10)11(12)13/h2-5H,1H3. The Bertz CT molecular complexity index is 674. The summed E-state index contributed by atoms with van der Waals surface area (Å²) in [5.41, 5.74) is -0.323. The molecule has 0 radical (unpaired) electrons. The molecule has 0 aliphatic carbocycles. The summed E-state index contributed by atoms with van der Waals surface area (Å²) in [5.74, 6) is 0. The van der Waals surface area contributed by atoms with Gasteiger partial charge in [-0.05, 0) is 12.1 Å². The van der Waals surface area contributed by atoms with Crippen LogP contribution in [0.25, 0.3) is 5.52 Å². The van der Waals surface area contributed by atoms with Crippen LogP contribution in [0.1, 0.15) is 0 Å². The fourth-order valence-electron chi connectivity index (χ4n) is 1.43. The first-order valence-corrected chi connectivity index (χ1v) is 6.11. The average molecular weight is 241 g/mol. The van der Waals surface area contributed by atoms with Crippen LogP contribution in [-0.2, 0) is 9.84 Å². The van der Waals surface area contributed by atoms with E-state index in [1.807, 2.05) is 0 Å². The number of pyridine rings is 1. The molecule has 0 amide bonds. The average Bonchev–Trinajstić information content (AvgIpc) is 2.58. The van der Waals surface area contributed by atoms with Crippen LogP contribution in [0.3, 0.4) is 0 Å². The summed E-state index contributed by atoms with van der Waals surface area (Å²) >= 11 is 0. The molecular weight excluding hydrogens is 234 g/mol. The summed E-state index contributed by atoms with van der Waals surface area (Å²) in [7, 11) is -3.52. The number of aromatic nitrogens is 2. The van der Waals surface area contributed by atoms with Gasteiger partial charge >= 0.3 is 5.69 Å². The van der Waals surface area contributed by atoms with Crippen molar-refractivity contribution in [3.8, 4) is 0 Å². The lowest BCUT2D eigenvalue weighted by Crippen LogP contribution is -2.01. The molecule has 0 fully saturated rings. The topological polar surface area (TPSA) is 94.6 Å². The molecule has 0 aliphatic rings. The molecule has 2 aromatic rings. The zero-order valence-corrected chi connectivity index (χ0v) is 9.01. The van der Waals surface area contributed by atoms with E-state index >= 15 is 0 Å². The summed E-state index contributed by atoms with van der Waals surface area (Å²) in [5, 5.41) is 14.4. The molecule has 2 aromatic heterocycles. The first-order chi connectivity index (χ1) is 7.41. The zero-order chi connectivity index (χ0) is 11.9. The van der Waals surface area contributed by atoms with Crippen molar-refractivity contribution in [1.29, 1.82) is 0 Å². The van der Waals surface area contributed by atoms with Crippen molar-refractivity contribution in [3.63, 3.8) is 0 Å². The number of fused-ring (bicyclic) bond motifs is 1. The lowest BCUT2D eigenvalue weighted by atomic mass is 10.4. The van der Waals surface area contributed by atoms with E-state index in [2.05, 4.69) is 5.10 Å². The normalized spacial score (nSPS) is 11.8. The number of hydrogen-bond donors (Lipinski definition) is 0. The first-order valence-electron chi connectivity index (χ1n) is 4.22. The van der Waals surface area contributed by atoms with E-state index in [1.54, 1.807) is 0 Å². The van der Waals surface area contributed by atoms with Gasteiger partial charge in [0, 0.05) is 12.5 Å². The maximum atomic E-state index is 11.5. The molecule has 0 aliphatic heterocycles. The number of nitrogens with zero attached hydrogens (tertiary/aromatic N) is 3. The highest BCUT2D eigenvalue weighted by atomic mass is 32.2. The van der Waals surface area contributed by atoms with Gasteiger partial charge in [0.2, 0.25) is 0 Å². The van der Waals surface area contributed by atoms with E-state index in [9.17, 15) is 18.5 Å². The maximum absolute atomic E-state index is 11.5. The lowest BCUT2D eigenvalue weighted by Gasteiger charge is -2.00. The SMILES string of the molecule is CS(=O)(=O)c1cccn2ncc([N+](=O)[O-])c12. The Kier molecular flexibility index (Phi) is 2.16. The summed E-state index contributed by atoms with van der Waals surface area (Å²) < 4.78 is 24.1. The van der Waals surface area contributed by atoms with Crippen molar-refractivity contribution in [2.24, 2.45) is 0 Å². The second-order valence-corrected chi connectivity index (χ2v) is 5.21. The molecule has 0 unspecified atom stereocenters. The smallest absolute Gasteiger partial charge is 0.258 e. The molecule has 0 spiro atoms. The molecule has 84 valence electrons. The van der Waals surface area contributed by atoms with E-state index in [0.29, 0.717) is 0 Å². The van der Waals surface area contributed by atoms with Crippen molar-refractivity contribution in [3.05, 3.63) is 34.6 Å². The Hall–Kier alpha value is -1.96. The van der Waals surface area contributed by atoms with Gasteiger partial charge in [0.1, 0.15) is 6.20 Å². The van der Waals surface area contributed by atoms with E-state index in [1.165, 1.54) is 22.8 Å². The first kappa shape index (κ1) is 10.6. The highest BCUT2D eigenvalue weighted by Crippen LogP contribution is 2.25. The minimum absolute atomic E-state index is 0.00463. The second kappa shape index (κ2) is 3.27. The summed E-state index contributed by atoms with van der Waals surface area (Å²) in [4.78, 5) is 9.96. The Balaban J connectivity index is 2.95. The zero-order valence-electron chi connectivity index (χ0n) is 8.19. The van der Waals surface area contributed by atoms with Gasteiger partial charge in [-0.3, -0.25) is 10.1 Å². The number of sulfone groups is 1. The monoisotopic (exact) mass is 241 g/mol.